The third kappa shape index (κ3) is 4.45. The monoisotopic (exact) mass is 496 g/mol. The summed E-state index contributed by atoms with van der Waals surface area (Å²) in [6.07, 6.45) is 0.484. The molecule has 3 heterocycles. The average molecular weight is 497 g/mol. The zero-order valence-electron chi connectivity index (χ0n) is 19.1. The highest BCUT2D eigenvalue weighted by Gasteiger charge is 2.30. The maximum absolute atomic E-state index is 12.8. The molecule has 12 heteroatoms. The van der Waals surface area contributed by atoms with E-state index in [1.54, 1.807) is 32.9 Å². The first-order chi connectivity index (χ1) is 15.6. The Labute approximate surface area is 196 Å². The fourth-order valence-corrected chi connectivity index (χ4v) is 6.15. The van der Waals surface area contributed by atoms with Crippen molar-refractivity contribution < 1.29 is 28.2 Å². The van der Waals surface area contributed by atoms with Crippen LogP contribution in [0.25, 0.3) is 0 Å². The summed E-state index contributed by atoms with van der Waals surface area (Å²) in [5.74, 6) is 0.109. The van der Waals surface area contributed by atoms with Crippen LogP contribution in [0.3, 0.4) is 0 Å². The molecule has 3 aromatic heterocycles. The van der Waals surface area contributed by atoms with Crippen molar-refractivity contribution >= 4 is 44.1 Å². The van der Waals surface area contributed by atoms with Gasteiger partial charge in [-0.2, -0.15) is 4.31 Å². The Balaban J connectivity index is 2.07. The number of aromatic hydroxyl groups is 3. The summed E-state index contributed by atoms with van der Waals surface area (Å²) in [5.41, 5.74) is 0.644. The van der Waals surface area contributed by atoms with Gasteiger partial charge >= 0.3 is 0 Å². The first kappa shape index (κ1) is 24.7. The Kier molecular flexibility index (Phi) is 7.10. The van der Waals surface area contributed by atoms with Crippen LogP contribution in [-0.4, -0.2) is 51.4 Å². The van der Waals surface area contributed by atoms with Crippen molar-refractivity contribution in [3.8, 4) is 17.5 Å². The third-order valence-corrected chi connectivity index (χ3v) is 8.73. The van der Waals surface area contributed by atoms with Gasteiger partial charge in [0.2, 0.25) is 11.8 Å². The van der Waals surface area contributed by atoms with E-state index in [1.165, 1.54) is 16.7 Å². The topological polar surface area (TPSA) is 141 Å². The van der Waals surface area contributed by atoms with Crippen molar-refractivity contribution in [1.29, 1.82) is 0 Å². The number of aromatic nitrogens is 1. The molecule has 0 aromatic carbocycles. The van der Waals surface area contributed by atoms with Crippen LogP contribution in [0, 0.1) is 6.92 Å². The molecule has 0 atom stereocenters. The average Bonchev–Trinajstić information content (AvgIpc) is 3.42. The quantitative estimate of drug-likeness (QED) is 0.322. The van der Waals surface area contributed by atoms with Gasteiger partial charge in [0.25, 0.3) is 10.0 Å². The first-order valence-corrected chi connectivity index (χ1v) is 12.7. The number of aliphatic imine (C=N–C) groups is 1. The minimum absolute atomic E-state index is 0.0177. The molecule has 0 aliphatic carbocycles. The van der Waals surface area contributed by atoms with Crippen LogP contribution in [0.2, 0.25) is 0 Å². The molecular formula is C21H28N4O6S2. The van der Waals surface area contributed by atoms with Gasteiger partial charge in [-0.25, -0.2) is 13.4 Å². The van der Waals surface area contributed by atoms with E-state index in [2.05, 4.69) is 10.3 Å². The van der Waals surface area contributed by atoms with E-state index in [9.17, 15) is 23.7 Å². The van der Waals surface area contributed by atoms with Gasteiger partial charge in [0.1, 0.15) is 17.2 Å². The standard InChI is InChI=1S/C21H28N4O6S2/c1-6-13(15-10-9-12(4)31-15)22-16-17(20(28)24(5)19(16)27)23-14-11-32-21(18(14)26)33(29,30)25(7-2)8-3/h9-11,23,26-28H,6-8H2,1-5H3. The zero-order valence-corrected chi connectivity index (χ0v) is 20.7. The summed E-state index contributed by atoms with van der Waals surface area (Å²) >= 11 is 0.858. The lowest BCUT2D eigenvalue weighted by atomic mass is 10.2. The van der Waals surface area contributed by atoms with Crippen molar-refractivity contribution in [2.24, 2.45) is 12.0 Å². The number of aryl methyl sites for hydroxylation is 1. The predicted molar refractivity (Wildman–Crippen MR) is 128 cm³/mol. The number of nitrogens with zero attached hydrogens (tertiary/aromatic N) is 3. The van der Waals surface area contributed by atoms with Crippen LogP contribution < -0.4 is 5.32 Å². The second-order valence-electron chi connectivity index (χ2n) is 7.25. The summed E-state index contributed by atoms with van der Waals surface area (Å²) in [4.78, 5) is 4.50. The summed E-state index contributed by atoms with van der Waals surface area (Å²) in [7, 11) is -2.43. The van der Waals surface area contributed by atoms with Crippen LogP contribution in [0.4, 0.5) is 17.1 Å². The number of furan rings is 1. The molecule has 0 saturated carbocycles. The molecule has 0 aliphatic rings. The molecule has 0 fully saturated rings. The van der Waals surface area contributed by atoms with Crippen LogP contribution in [-0.2, 0) is 17.1 Å². The van der Waals surface area contributed by atoms with Gasteiger partial charge in [-0.1, -0.05) is 20.8 Å². The fourth-order valence-electron chi connectivity index (χ4n) is 3.32. The number of hydrogen-bond acceptors (Lipinski definition) is 9. The number of hydrogen-bond donors (Lipinski definition) is 4. The van der Waals surface area contributed by atoms with Gasteiger partial charge in [0.15, 0.2) is 15.6 Å². The van der Waals surface area contributed by atoms with Gasteiger partial charge < -0.3 is 25.1 Å². The van der Waals surface area contributed by atoms with Gasteiger partial charge in [-0.15, -0.1) is 11.3 Å². The first-order valence-electron chi connectivity index (χ1n) is 10.4. The molecule has 0 spiro atoms. The molecule has 0 radical (unpaired) electrons. The Bertz CT molecular complexity index is 1280. The molecule has 10 nitrogen and oxygen atoms in total. The second kappa shape index (κ2) is 9.49. The van der Waals surface area contributed by atoms with E-state index in [-0.39, 0.29) is 46.1 Å². The van der Waals surface area contributed by atoms with E-state index in [0.29, 0.717) is 23.7 Å². The summed E-state index contributed by atoms with van der Waals surface area (Å²) < 4.78 is 33.5. The van der Waals surface area contributed by atoms with Crippen LogP contribution in [0.5, 0.6) is 17.5 Å². The highest BCUT2D eigenvalue weighted by molar-refractivity contribution is 7.91. The van der Waals surface area contributed by atoms with E-state index < -0.39 is 15.8 Å². The summed E-state index contributed by atoms with van der Waals surface area (Å²) in [6.45, 7) is 7.63. The normalized spacial score (nSPS) is 12.6. The molecule has 0 saturated heterocycles. The number of anilines is 2. The Morgan fingerprint density at radius 2 is 1.85 bits per heavy atom. The smallest absolute Gasteiger partial charge is 0.256 e. The van der Waals surface area contributed by atoms with Crippen molar-refractivity contribution in [3.63, 3.8) is 0 Å². The van der Waals surface area contributed by atoms with Gasteiger partial charge in [-0.3, -0.25) is 4.57 Å². The molecule has 0 bridgehead atoms. The molecule has 3 aromatic rings. The van der Waals surface area contributed by atoms with E-state index in [1.807, 2.05) is 6.92 Å². The number of sulfonamides is 1. The molecule has 4 N–H and O–H groups in total. The molecule has 0 unspecified atom stereocenters. The molecule has 180 valence electrons. The lowest BCUT2D eigenvalue weighted by molar-refractivity contribution is 0.388. The van der Waals surface area contributed by atoms with Crippen molar-refractivity contribution in [2.75, 3.05) is 18.4 Å². The van der Waals surface area contributed by atoms with Gasteiger partial charge in [-0.05, 0) is 25.5 Å². The number of rotatable bonds is 9. The molecule has 0 aliphatic heterocycles. The molecule has 3 rings (SSSR count). The highest BCUT2D eigenvalue weighted by atomic mass is 32.2. The predicted octanol–water partition coefficient (Wildman–Crippen LogP) is 4.41. The molecular weight excluding hydrogens is 468 g/mol. The lowest BCUT2D eigenvalue weighted by Gasteiger charge is -2.17. The molecule has 33 heavy (non-hydrogen) atoms. The highest BCUT2D eigenvalue weighted by Crippen LogP contribution is 2.49. The maximum Gasteiger partial charge on any atom is 0.256 e. The number of nitrogens with one attached hydrogen (secondary N) is 1. The van der Waals surface area contributed by atoms with Gasteiger partial charge in [0, 0.05) is 25.5 Å². The minimum atomic E-state index is -3.88. The van der Waals surface area contributed by atoms with E-state index in [0.717, 1.165) is 15.9 Å². The summed E-state index contributed by atoms with van der Waals surface area (Å²) in [5, 5.41) is 36.1. The minimum Gasteiger partial charge on any atom is -0.504 e. The Morgan fingerprint density at radius 3 is 2.39 bits per heavy atom. The molecule has 0 amide bonds. The zero-order chi connectivity index (χ0) is 24.5. The van der Waals surface area contributed by atoms with Crippen molar-refractivity contribution in [2.45, 2.75) is 38.3 Å². The van der Waals surface area contributed by atoms with Crippen molar-refractivity contribution in [1.82, 2.24) is 8.87 Å². The number of thiophene rings is 1. The van der Waals surface area contributed by atoms with E-state index >= 15 is 0 Å². The van der Waals surface area contributed by atoms with Crippen LogP contribution >= 0.6 is 11.3 Å². The Morgan fingerprint density at radius 1 is 1.18 bits per heavy atom. The van der Waals surface area contributed by atoms with Crippen LogP contribution in [0.15, 0.2) is 31.1 Å². The van der Waals surface area contributed by atoms with Gasteiger partial charge in [0.05, 0.1) is 11.4 Å². The summed E-state index contributed by atoms with van der Waals surface area (Å²) in [6, 6.07) is 3.56. The lowest BCUT2D eigenvalue weighted by Crippen LogP contribution is -2.30. The Hall–Kier alpha value is -2.96. The van der Waals surface area contributed by atoms with Crippen molar-refractivity contribution in [3.05, 3.63) is 29.0 Å². The SMILES string of the molecule is CCC(=Nc1c(Nc2csc(S(=O)(=O)N(CC)CC)c2O)c(O)n(C)c1O)c1ccc(C)o1. The van der Waals surface area contributed by atoms with Crippen LogP contribution in [0.1, 0.15) is 38.7 Å². The maximum atomic E-state index is 12.8. The fraction of sp³-hybridized carbons (Fsp3) is 0.381. The van der Waals surface area contributed by atoms with E-state index in [4.69, 9.17) is 4.42 Å². The third-order valence-electron chi connectivity index (χ3n) is 5.19. The second-order valence-corrected chi connectivity index (χ2v) is 10.3. The largest absolute Gasteiger partial charge is 0.504 e.